The van der Waals surface area contributed by atoms with Crippen LogP contribution in [0.4, 0.5) is 13.2 Å². The number of hydrogen-bond donors (Lipinski definition) is 1. The molecular formula is C19H24F3N5O3. The molecule has 2 aliphatic heterocycles. The molecule has 1 aromatic heterocycles. The molecule has 2 atom stereocenters. The van der Waals surface area contributed by atoms with E-state index in [1.54, 1.807) is 24.8 Å². The Kier molecular flexibility index (Phi) is 4.72. The number of allylic oxidation sites excluding steroid dienone is 1. The molecule has 3 heterocycles. The van der Waals surface area contributed by atoms with E-state index in [1.807, 2.05) is 0 Å². The summed E-state index contributed by atoms with van der Waals surface area (Å²) in [6.45, 7) is 4.42. The predicted octanol–water partition coefficient (Wildman–Crippen LogP) is 1.61. The van der Waals surface area contributed by atoms with E-state index in [0.29, 0.717) is 25.8 Å². The highest BCUT2D eigenvalue weighted by Gasteiger charge is 2.49. The molecule has 2 N–H and O–H groups in total. The number of nitrogens with zero attached hydrogens (tertiary/aromatic N) is 4. The Morgan fingerprint density at radius 2 is 2.03 bits per heavy atom. The van der Waals surface area contributed by atoms with Gasteiger partial charge in [-0.05, 0) is 25.3 Å². The summed E-state index contributed by atoms with van der Waals surface area (Å²) in [4.78, 5) is 27.2. The fraction of sp³-hybridized carbons (Fsp3) is 0.684. The number of morpholine rings is 1. The maximum Gasteiger partial charge on any atom is 0.451 e. The normalized spacial score (nSPS) is 29.0. The van der Waals surface area contributed by atoms with Crippen molar-refractivity contribution in [3.8, 4) is 0 Å². The minimum Gasteiger partial charge on any atom is -0.396 e. The van der Waals surface area contributed by atoms with Crippen molar-refractivity contribution in [1.82, 2.24) is 19.7 Å². The number of carbonyl (C=O) groups excluding carboxylic acids is 2. The lowest BCUT2D eigenvalue weighted by atomic mass is 9.71. The summed E-state index contributed by atoms with van der Waals surface area (Å²) in [7, 11) is 0. The van der Waals surface area contributed by atoms with Gasteiger partial charge in [0, 0.05) is 18.5 Å². The summed E-state index contributed by atoms with van der Waals surface area (Å²) < 4.78 is 46.5. The summed E-state index contributed by atoms with van der Waals surface area (Å²) in [5, 5.41) is 7.00. The third-order valence-corrected chi connectivity index (χ3v) is 6.07. The molecule has 164 valence electrons. The third-order valence-electron chi connectivity index (χ3n) is 6.07. The molecule has 30 heavy (non-hydrogen) atoms. The van der Waals surface area contributed by atoms with Gasteiger partial charge in [0.1, 0.15) is 11.4 Å². The highest BCUT2D eigenvalue weighted by molar-refractivity contribution is 5.99. The van der Waals surface area contributed by atoms with Crippen LogP contribution in [0.15, 0.2) is 11.8 Å². The van der Waals surface area contributed by atoms with Crippen LogP contribution in [0.25, 0.3) is 0 Å². The Balaban J connectivity index is 1.60. The lowest BCUT2D eigenvalue weighted by Crippen LogP contribution is -2.58. The largest absolute Gasteiger partial charge is 0.451 e. The van der Waals surface area contributed by atoms with Crippen LogP contribution in [0, 0.1) is 5.41 Å². The van der Waals surface area contributed by atoms with E-state index in [-0.39, 0.29) is 42.9 Å². The SMILES string of the molecule is CC1(C)CC2(C=C(N)C1=O)CN(C(=O)C1CCCn3c1nnc3C(F)(F)F)CCO2. The number of alkyl halides is 3. The smallest absolute Gasteiger partial charge is 0.396 e. The quantitative estimate of drug-likeness (QED) is 0.731. The first-order chi connectivity index (χ1) is 13.9. The predicted molar refractivity (Wildman–Crippen MR) is 97.9 cm³/mol. The number of aromatic nitrogens is 3. The zero-order valence-electron chi connectivity index (χ0n) is 16.8. The first kappa shape index (κ1) is 20.8. The molecule has 1 aromatic rings. The molecule has 0 bridgehead atoms. The molecule has 2 unspecified atom stereocenters. The highest BCUT2D eigenvalue weighted by atomic mass is 19.4. The summed E-state index contributed by atoms with van der Waals surface area (Å²) in [6.07, 6.45) is -1.86. The molecule has 0 aromatic carbocycles. The molecule has 0 radical (unpaired) electrons. The number of halogens is 3. The number of carbonyl (C=O) groups is 2. The molecule has 8 nitrogen and oxygen atoms in total. The molecule has 1 spiro atoms. The molecule has 4 rings (SSSR count). The van der Waals surface area contributed by atoms with E-state index in [2.05, 4.69) is 10.2 Å². The maximum atomic E-state index is 13.3. The molecule has 1 saturated heterocycles. The Labute approximate surface area is 171 Å². The topological polar surface area (TPSA) is 103 Å². The van der Waals surface area contributed by atoms with Crippen LogP contribution in [0.5, 0.6) is 0 Å². The van der Waals surface area contributed by atoms with Crippen molar-refractivity contribution in [2.75, 3.05) is 19.7 Å². The van der Waals surface area contributed by atoms with Crippen LogP contribution < -0.4 is 5.73 Å². The van der Waals surface area contributed by atoms with Gasteiger partial charge in [-0.2, -0.15) is 13.2 Å². The molecule has 1 fully saturated rings. The summed E-state index contributed by atoms with van der Waals surface area (Å²) >= 11 is 0. The van der Waals surface area contributed by atoms with Crippen LogP contribution >= 0.6 is 0 Å². The molecule has 1 amide bonds. The average Bonchev–Trinajstić information content (AvgIpc) is 3.10. The molecule has 1 aliphatic carbocycles. The van der Waals surface area contributed by atoms with Gasteiger partial charge in [0.15, 0.2) is 5.78 Å². The van der Waals surface area contributed by atoms with Gasteiger partial charge >= 0.3 is 6.18 Å². The number of Topliss-reactive ketones (excluding diaryl/α,β-unsaturated/α-hetero) is 1. The second-order valence-electron chi connectivity index (χ2n) is 8.89. The second-order valence-corrected chi connectivity index (χ2v) is 8.89. The Morgan fingerprint density at radius 3 is 2.70 bits per heavy atom. The first-order valence-electron chi connectivity index (χ1n) is 9.90. The van der Waals surface area contributed by atoms with Gasteiger partial charge in [-0.1, -0.05) is 13.8 Å². The average molecular weight is 427 g/mol. The monoisotopic (exact) mass is 427 g/mol. The fourth-order valence-corrected chi connectivity index (χ4v) is 4.85. The fourth-order valence-electron chi connectivity index (χ4n) is 4.85. The van der Waals surface area contributed by atoms with Crippen molar-refractivity contribution >= 4 is 11.7 Å². The van der Waals surface area contributed by atoms with Crippen LogP contribution in [0.3, 0.4) is 0 Å². The Morgan fingerprint density at radius 1 is 1.30 bits per heavy atom. The second kappa shape index (κ2) is 6.79. The van der Waals surface area contributed by atoms with Crippen molar-refractivity contribution in [2.45, 2.75) is 57.3 Å². The van der Waals surface area contributed by atoms with Crippen LogP contribution in [0.2, 0.25) is 0 Å². The number of ether oxygens (including phenoxy) is 1. The van der Waals surface area contributed by atoms with E-state index in [0.717, 1.165) is 4.57 Å². The molecule has 11 heteroatoms. The van der Waals surface area contributed by atoms with E-state index < -0.39 is 28.9 Å². The lowest BCUT2D eigenvalue weighted by Gasteiger charge is -2.47. The number of amides is 1. The van der Waals surface area contributed by atoms with Crippen molar-refractivity contribution in [2.24, 2.45) is 11.1 Å². The van der Waals surface area contributed by atoms with E-state index in [4.69, 9.17) is 10.5 Å². The summed E-state index contributed by atoms with van der Waals surface area (Å²) in [6, 6.07) is 0. The Hall–Kier alpha value is -2.43. The number of fused-ring (bicyclic) bond motifs is 1. The Bertz CT molecular complexity index is 923. The van der Waals surface area contributed by atoms with Gasteiger partial charge in [-0.15, -0.1) is 10.2 Å². The van der Waals surface area contributed by atoms with Crippen molar-refractivity contribution in [3.63, 3.8) is 0 Å². The maximum absolute atomic E-state index is 13.3. The molecule has 0 saturated carbocycles. The van der Waals surface area contributed by atoms with Gasteiger partial charge in [0.25, 0.3) is 0 Å². The minimum atomic E-state index is -4.62. The van der Waals surface area contributed by atoms with Crippen LogP contribution in [-0.2, 0) is 27.0 Å². The van der Waals surface area contributed by atoms with Crippen LogP contribution in [-0.4, -0.2) is 56.7 Å². The van der Waals surface area contributed by atoms with E-state index in [1.165, 1.54) is 0 Å². The highest BCUT2D eigenvalue weighted by Crippen LogP contribution is 2.41. The van der Waals surface area contributed by atoms with Gasteiger partial charge < -0.3 is 19.9 Å². The van der Waals surface area contributed by atoms with Crippen LogP contribution in [0.1, 0.15) is 50.7 Å². The molecule has 3 aliphatic rings. The zero-order chi connectivity index (χ0) is 21.9. The van der Waals surface area contributed by atoms with Gasteiger partial charge in [-0.25, -0.2) is 0 Å². The number of ketones is 1. The third kappa shape index (κ3) is 3.38. The van der Waals surface area contributed by atoms with Gasteiger partial charge in [0.05, 0.1) is 24.8 Å². The van der Waals surface area contributed by atoms with E-state index in [9.17, 15) is 22.8 Å². The van der Waals surface area contributed by atoms with Crippen molar-refractivity contribution in [1.29, 1.82) is 0 Å². The number of nitrogens with two attached hydrogens (primary N) is 1. The minimum absolute atomic E-state index is 0.0494. The lowest BCUT2D eigenvalue weighted by molar-refractivity contribution is -0.154. The number of rotatable bonds is 1. The number of hydrogen-bond acceptors (Lipinski definition) is 6. The standard InChI is InChI=1S/C19H24F3N5O3/c1-17(2)9-18(8-12(23)13(17)28)10-26(6-7-30-18)15(29)11-4-3-5-27-14(11)24-25-16(27)19(20,21)22/h8,11H,3-7,9-10,23H2,1-2H3. The zero-order valence-corrected chi connectivity index (χ0v) is 16.8. The van der Waals surface area contributed by atoms with Crippen molar-refractivity contribution in [3.05, 3.63) is 23.4 Å². The summed E-state index contributed by atoms with van der Waals surface area (Å²) in [5.74, 6) is -2.29. The van der Waals surface area contributed by atoms with Gasteiger partial charge in [-0.3, -0.25) is 9.59 Å². The molecular weight excluding hydrogens is 403 g/mol. The van der Waals surface area contributed by atoms with Crippen molar-refractivity contribution < 1.29 is 27.5 Å². The summed E-state index contributed by atoms with van der Waals surface area (Å²) in [5.41, 5.74) is 4.40. The van der Waals surface area contributed by atoms with Gasteiger partial charge in [0.2, 0.25) is 11.7 Å². The van der Waals surface area contributed by atoms with E-state index >= 15 is 0 Å². The first-order valence-corrected chi connectivity index (χ1v) is 9.90.